The van der Waals surface area contributed by atoms with Crippen molar-refractivity contribution < 1.29 is 19.4 Å². The quantitative estimate of drug-likeness (QED) is 0.297. The van der Waals surface area contributed by atoms with Crippen LogP contribution < -0.4 is 16.8 Å². The van der Waals surface area contributed by atoms with Gasteiger partial charge in [-0.1, -0.05) is 30.3 Å². The number of amides is 1. The Kier molecular flexibility index (Phi) is 10.2. The van der Waals surface area contributed by atoms with E-state index in [4.69, 9.17) is 21.3 Å². The second-order valence-electron chi connectivity index (χ2n) is 4.55. The molecule has 0 aliphatic heterocycles. The highest BCUT2D eigenvalue weighted by Crippen LogP contribution is 2.03. The van der Waals surface area contributed by atoms with Gasteiger partial charge in [0.15, 0.2) is 5.96 Å². The molecule has 8 nitrogen and oxygen atoms in total. The highest BCUT2D eigenvalue weighted by Gasteiger charge is 2.20. The number of guanidine groups is 1. The van der Waals surface area contributed by atoms with Crippen molar-refractivity contribution in [3.05, 3.63) is 35.9 Å². The maximum atomic E-state index is 11.6. The lowest BCUT2D eigenvalue weighted by atomic mass is 10.1. The number of hydrogen-bond donors (Lipinski definition) is 4. The Morgan fingerprint density at radius 2 is 1.91 bits per heavy atom. The van der Waals surface area contributed by atoms with E-state index < -0.39 is 18.1 Å². The molecular formula is C14H21BrN4O4. The number of nitrogens with two attached hydrogens (primary N) is 2. The smallest absolute Gasteiger partial charge is 0.408 e. The number of nitrogens with zero attached hydrogens (tertiary/aromatic N) is 1. The van der Waals surface area contributed by atoms with E-state index in [1.165, 1.54) is 0 Å². The van der Waals surface area contributed by atoms with Crippen LogP contribution in [0.15, 0.2) is 35.3 Å². The van der Waals surface area contributed by atoms with Crippen molar-refractivity contribution in [2.24, 2.45) is 16.5 Å². The molecule has 1 rings (SSSR count). The minimum Gasteiger partial charge on any atom is -0.480 e. The van der Waals surface area contributed by atoms with Crippen molar-refractivity contribution >= 4 is 35.0 Å². The lowest BCUT2D eigenvalue weighted by molar-refractivity contribution is -0.139. The van der Waals surface area contributed by atoms with E-state index in [-0.39, 0.29) is 36.0 Å². The number of ether oxygens (including phenoxy) is 1. The summed E-state index contributed by atoms with van der Waals surface area (Å²) in [7, 11) is 0. The predicted molar refractivity (Wildman–Crippen MR) is 91.4 cm³/mol. The molecule has 0 saturated heterocycles. The van der Waals surface area contributed by atoms with Gasteiger partial charge in [0, 0.05) is 6.54 Å². The molecule has 128 valence electrons. The molecule has 1 amide bonds. The van der Waals surface area contributed by atoms with Crippen LogP contribution in [0.4, 0.5) is 4.79 Å². The number of carbonyl (C=O) groups is 2. The third-order valence-electron chi connectivity index (χ3n) is 2.75. The third-order valence-corrected chi connectivity index (χ3v) is 2.75. The number of rotatable bonds is 8. The zero-order valence-corrected chi connectivity index (χ0v) is 14.2. The Balaban J connectivity index is 0.00000484. The lowest BCUT2D eigenvalue weighted by Crippen LogP contribution is -2.41. The van der Waals surface area contributed by atoms with Gasteiger partial charge in [0.2, 0.25) is 0 Å². The standard InChI is InChI=1S/C14H20N4O4.BrH/c15-13(16)17-8-4-7-11(12(19)20)18-14(21)22-9-10-5-2-1-3-6-10;/h1-3,5-6,11H,4,7-9H2,(H,18,21)(H,19,20)(H4,15,16,17);1H. The number of carboxylic acids is 1. The van der Waals surface area contributed by atoms with E-state index in [1.807, 2.05) is 18.2 Å². The van der Waals surface area contributed by atoms with Crippen molar-refractivity contribution in [2.45, 2.75) is 25.5 Å². The number of aliphatic imine (C=N–C) groups is 1. The largest absolute Gasteiger partial charge is 0.480 e. The minimum absolute atomic E-state index is 0. The summed E-state index contributed by atoms with van der Waals surface area (Å²) in [6.45, 7) is 0.375. The Morgan fingerprint density at radius 3 is 2.48 bits per heavy atom. The van der Waals surface area contributed by atoms with Gasteiger partial charge in [-0.15, -0.1) is 17.0 Å². The lowest BCUT2D eigenvalue weighted by Gasteiger charge is -2.14. The number of carbonyl (C=O) groups excluding carboxylic acids is 1. The van der Waals surface area contributed by atoms with Gasteiger partial charge < -0.3 is 26.6 Å². The number of nitrogens with one attached hydrogen (secondary N) is 1. The molecule has 23 heavy (non-hydrogen) atoms. The minimum atomic E-state index is -1.14. The summed E-state index contributed by atoms with van der Waals surface area (Å²) in [5.74, 6) is -1.19. The van der Waals surface area contributed by atoms with Crippen LogP contribution in [0.1, 0.15) is 18.4 Å². The molecule has 0 radical (unpaired) electrons. The molecule has 0 aliphatic carbocycles. The van der Waals surface area contributed by atoms with Gasteiger partial charge in [-0.05, 0) is 18.4 Å². The van der Waals surface area contributed by atoms with Gasteiger partial charge in [0.25, 0.3) is 0 Å². The molecule has 1 aromatic carbocycles. The molecule has 1 unspecified atom stereocenters. The Labute approximate surface area is 144 Å². The average Bonchev–Trinajstić information content (AvgIpc) is 2.48. The fraction of sp³-hybridized carbons (Fsp3) is 0.357. The first kappa shape index (κ1) is 20.7. The van der Waals surface area contributed by atoms with Crippen LogP contribution in [0.25, 0.3) is 0 Å². The monoisotopic (exact) mass is 388 g/mol. The topological polar surface area (TPSA) is 140 Å². The first-order chi connectivity index (χ1) is 10.5. The fourth-order valence-electron chi connectivity index (χ4n) is 1.67. The van der Waals surface area contributed by atoms with Gasteiger partial charge in [-0.3, -0.25) is 4.99 Å². The number of carboxylic acid groups (broad SMARTS) is 1. The van der Waals surface area contributed by atoms with Crippen molar-refractivity contribution in [3.8, 4) is 0 Å². The Morgan fingerprint density at radius 1 is 1.26 bits per heavy atom. The summed E-state index contributed by atoms with van der Waals surface area (Å²) in [5.41, 5.74) is 11.1. The van der Waals surface area contributed by atoms with E-state index in [9.17, 15) is 9.59 Å². The summed E-state index contributed by atoms with van der Waals surface area (Å²) in [6, 6.07) is 8.05. The first-order valence-electron chi connectivity index (χ1n) is 6.74. The van der Waals surface area contributed by atoms with Gasteiger partial charge in [0.1, 0.15) is 12.6 Å². The van der Waals surface area contributed by atoms with E-state index in [0.717, 1.165) is 5.56 Å². The van der Waals surface area contributed by atoms with Crippen molar-refractivity contribution in [1.82, 2.24) is 5.32 Å². The van der Waals surface area contributed by atoms with E-state index in [0.29, 0.717) is 13.0 Å². The third kappa shape index (κ3) is 9.35. The van der Waals surface area contributed by atoms with Crippen LogP contribution in [-0.4, -0.2) is 35.7 Å². The average molecular weight is 389 g/mol. The van der Waals surface area contributed by atoms with E-state index in [1.54, 1.807) is 12.1 Å². The van der Waals surface area contributed by atoms with Crippen LogP contribution in [0, 0.1) is 0 Å². The summed E-state index contributed by atoms with van der Waals surface area (Å²) in [4.78, 5) is 26.4. The zero-order valence-electron chi connectivity index (χ0n) is 12.5. The van der Waals surface area contributed by atoms with Crippen LogP contribution in [-0.2, 0) is 16.1 Å². The molecule has 6 N–H and O–H groups in total. The zero-order chi connectivity index (χ0) is 16.4. The summed E-state index contributed by atoms with van der Waals surface area (Å²) >= 11 is 0. The SMILES string of the molecule is Br.NC(N)=NCCCC(NC(=O)OCc1ccccc1)C(=O)O. The molecule has 0 aromatic heterocycles. The van der Waals surface area contributed by atoms with E-state index in [2.05, 4.69) is 10.3 Å². The Bertz CT molecular complexity index is 521. The second-order valence-corrected chi connectivity index (χ2v) is 4.55. The van der Waals surface area contributed by atoms with Crippen molar-refractivity contribution in [3.63, 3.8) is 0 Å². The maximum absolute atomic E-state index is 11.6. The highest BCUT2D eigenvalue weighted by molar-refractivity contribution is 8.93. The molecular weight excluding hydrogens is 368 g/mol. The van der Waals surface area contributed by atoms with Crippen molar-refractivity contribution in [2.75, 3.05) is 6.54 Å². The molecule has 9 heteroatoms. The first-order valence-corrected chi connectivity index (χ1v) is 6.74. The number of halogens is 1. The molecule has 1 aromatic rings. The fourth-order valence-corrected chi connectivity index (χ4v) is 1.67. The van der Waals surface area contributed by atoms with Crippen molar-refractivity contribution in [1.29, 1.82) is 0 Å². The number of alkyl carbamates (subject to hydrolysis) is 1. The van der Waals surface area contributed by atoms with Crippen LogP contribution in [0.5, 0.6) is 0 Å². The summed E-state index contributed by atoms with van der Waals surface area (Å²) in [6.07, 6.45) is -0.154. The maximum Gasteiger partial charge on any atom is 0.408 e. The predicted octanol–water partition coefficient (Wildman–Crippen LogP) is 0.998. The molecule has 0 spiro atoms. The van der Waals surface area contributed by atoms with E-state index >= 15 is 0 Å². The van der Waals surface area contributed by atoms with Gasteiger partial charge in [-0.25, -0.2) is 9.59 Å². The molecule has 0 heterocycles. The summed E-state index contributed by atoms with van der Waals surface area (Å²) in [5, 5.41) is 11.4. The molecule has 0 saturated carbocycles. The Hall–Kier alpha value is -2.29. The summed E-state index contributed by atoms with van der Waals surface area (Å²) < 4.78 is 4.97. The number of benzene rings is 1. The second kappa shape index (κ2) is 11.3. The van der Waals surface area contributed by atoms with Crippen LogP contribution >= 0.6 is 17.0 Å². The molecule has 0 bridgehead atoms. The highest BCUT2D eigenvalue weighted by atomic mass is 79.9. The van der Waals surface area contributed by atoms with Gasteiger partial charge in [0.05, 0.1) is 0 Å². The van der Waals surface area contributed by atoms with Gasteiger partial charge in [-0.2, -0.15) is 0 Å². The number of hydrogen-bond acceptors (Lipinski definition) is 4. The van der Waals surface area contributed by atoms with Crippen LogP contribution in [0.3, 0.4) is 0 Å². The molecule has 0 aliphatic rings. The van der Waals surface area contributed by atoms with Crippen LogP contribution in [0.2, 0.25) is 0 Å². The normalized spacial score (nSPS) is 10.8. The molecule has 1 atom stereocenters. The molecule has 0 fully saturated rings. The number of aliphatic carboxylic acids is 1. The van der Waals surface area contributed by atoms with Gasteiger partial charge >= 0.3 is 12.1 Å².